The van der Waals surface area contributed by atoms with E-state index in [4.69, 9.17) is 5.73 Å². The first-order valence-corrected chi connectivity index (χ1v) is 6.38. The second kappa shape index (κ2) is 5.02. The second-order valence-electron chi connectivity index (χ2n) is 5.42. The van der Waals surface area contributed by atoms with E-state index in [1.165, 1.54) is 0 Å². The molecule has 0 radical (unpaired) electrons. The number of nitrogens with two attached hydrogens (primary N) is 1. The molecular weight excluding hydrogens is 236 g/mol. The lowest BCUT2D eigenvalue weighted by molar-refractivity contribution is 0.0575. The Labute approximate surface area is 114 Å². The van der Waals surface area contributed by atoms with Crippen molar-refractivity contribution in [3.8, 4) is 0 Å². The van der Waals surface area contributed by atoms with Gasteiger partial charge in [0.05, 0.1) is 5.60 Å². The molecule has 0 fully saturated rings. The highest BCUT2D eigenvalue weighted by Gasteiger charge is 2.24. The van der Waals surface area contributed by atoms with Gasteiger partial charge in [0.25, 0.3) is 0 Å². The van der Waals surface area contributed by atoms with Crippen molar-refractivity contribution in [2.24, 2.45) is 0 Å². The van der Waals surface area contributed by atoms with Crippen LogP contribution in [0.5, 0.6) is 0 Å². The van der Waals surface area contributed by atoms with Gasteiger partial charge in [0.15, 0.2) is 0 Å². The monoisotopic (exact) mass is 256 g/mol. The number of aryl methyl sites for hydroxylation is 2. The molecule has 0 saturated heterocycles. The van der Waals surface area contributed by atoms with Crippen molar-refractivity contribution in [3.05, 3.63) is 58.8 Å². The molecule has 1 heterocycles. The summed E-state index contributed by atoms with van der Waals surface area (Å²) in [4.78, 5) is 3.97. The van der Waals surface area contributed by atoms with E-state index in [2.05, 4.69) is 11.1 Å². The fourth-order valence-corrected chi connectivity index (χ4v) is 2.39. The van der Waals surface area contributed by atoms with Crippen LogP contribution in [-0.2, 0) is 12.0 Å². The molecule has 0 spiro atoms. The normalized spacial score (nSPS) is 14.1. The molecule has 1 atom stereocenters. The van der Waals surface area contributed by atoms with Gasteiger partial charge in [-0.15, -0.1) is 0 Å². The first kappa shape index (κ1) is 13.6. The van der Waals surface area contributed by atoms with Crippen LogP contribution in [0.15, 0.2) is 36.5 Å². The van der Waals surface area contributed by atoms with Crippen LogP contribution in [-0.4, -0.2) is 10.1 Å². The van der Waals surface area contributed by atoms with Gasteiger partial charge in [-0.25, -0.2) is 4.98 Å². The van der Waals surface area contributed by atoms with Crippen LogP contribution in [0, 0.1) is 13.8 Å². The van der Waals surface area contributed by atoms with Gasteiger partial charge in [0.1, 0.15) is 5.82 Å². The number of hydrogen-bond acceptors (Lipinski definition) is 3. The molecule has 0 aliphatic heterocycles. The Morgan fingerprint density at radius 1 is 1.16 bits per heavy atom. The zero-order valence-electron chi connectivity index (χ0n) is 11.6. The van der Waals surface area contributed by atoms with Crippen molar-refractivity contribution in [2.75, 3.05) is 5.73 Å². The zero-order valence-corrected chi connectivity index (χ0v) is 11.6. The molecule has 2 rings (SSSR count). The largest absolute Gasteiger partial charge is 0.385 e. The third-order valence-corrected chi connectivity index (χ3v) is 3.24. The minimum Gasteiger partial charge on any atom is -0.385 e. The predicted octanol–water partition coefficient (Wildman–Crippen LogP) is 2.73. The SMILES string of the molecule is Cc1cc(C)cc(C(C)(O)Cc2ccnc(N)c2)c1. The highest BCUT2D eigenvalue weighted by molar-refractivity contribution is 5.36. The molecule has 19 heavy (non-hydrogen) atoms. The summed E-state index contributed by atoms with van der Waals surface area (Å²) in [6, 6.07) is 9.84. The molecule has 0 bridgehead atoms. The summed E-state index contributed by atoms with van der Waals surface area (Å²) in [6.45, 7) is 5.91. The summed E-state index contributed by atoms with van der Waals surface area (Å²) in [7, 11) is 0. The molecule has 3 heteroatoms. The summed E-state index contributed by atoms with van der Waals surface area (Å²) in [5, 5.41) is 10.7. The summed E-state index contributed by atoms with van der Waals surface area (Å²) < 4.78 is 0. The average Bonchev–Trinajstić information content (AvgIpc) is 2.26. The van der Waals surface area contributed by atoms with Crippen molar-refractivity contribution in [1.82, 2.24) is 4.98 Å². The van der Waals surface area contributed by atoms with Gasteiger partial charge in [-0.1, -0.05) is 29.3 Å². The fourth-order valence-electron chi connectivity index (χ4n) is 2.39. The Morgan fingerprint density at radius 3 is 2.37 bits per heavy atom. The van der Waals surface area contributed by atoms with Crippen LogP contribution >= 0.6 is 0 Å². The molecule has 100 valence electrons. The molecular formula is C16H20N2O. The van der Waals surface area contributed by atoms with Crippen LogP contribution in [0.2, 0.25) is 0 Å². The van der Waals surface area contributed by atoms with Gasteiger partial charge >= 0.3 is 0 Å². The highest BCUT2D eigenvalue weighted by atomic mass is 16.3. The molecule has 2 aromatic rings. The lowest BCUT2D eigenvalue weighted by Crippen LogP contribution is -2.24. The minimum atomic E-state index is -0.912. The fraction of sp³-hybridized carbons (Fsp3) is 0.312. The molecule has 3 N–H and O–H groups in total. The number of aliphatic hydroxyl groups is 1. The number of nitrogens with zero attached hydrogens (tertiary/aromatic N) is 1. The summed E-state index contributed by atoms with van der Waals surface area (Å²) >= 11 is 0. The molecule has 0 aliphatic carbocycles. The Kier molecular flexibility index (Phi) is 3.58. The van der Waals surface area contributed by atoms with E-state index in [1.54, 1.807) is 12.3 Å². The minimum absolute atomic E-state index is 0.480. The van der Waals surface area contributed by atoms with E-state index in [9.17, 15) is 5.11 Å². The van der Waals surface area contributed by atoms with Crippen molar-refractivity contribution in [3.63, 3.8) is 0 Å². The number of benzene rings is 1. The van der Waals surface area contributed by atoms with Gasteiger partial charge in [0, 0.05) is 12.6 Å². The smallest absolute Gasteiger partial charge is 0.123 e. The topological polar surface area (TPSA) is 59.1 Å². The predicted molar refractivity (Wildman–Crippen MR) is 77.8 cm³/mol. The number of anilines is 1. The number of aromatic nitrogens is 1. The van der Waals surface area contributed by atoms with Gasteiger partial charge in [0.2, 0.25) is 0 Å². The van der Waals surface area contributed by atoms with Crippen molar-refractivity contribution in [2.45, 2.75) is 32.8 Å². The van der Waals surface area contributed by atoms with Gasteiger partial charge in [-0.2, -0.15) is 0 Å². The zero-order chi connectivity index (χ0) is 14.0. The lowest BCUT2D eigenvalue weighted by atomic mass is 9.87. The molecule has 1 aromatic carbocycles. The lowest BCUT2D eigenvalue weighted by Gasteiger charge is -2.25. The van der Waals surface area contributed by atoms with Crippen LogP contribution in [0.3, 0.4) is 0 Å². The third kappa shape index (κ3) is 3.32. The van der Waals surface area contributed by atoms with Gasteiger partial charge in [-0.05, 0) is 44.0 Å². The van der Waals surface area contributed by atoms with Gasteiger partial charge in [-0.3, -0.25) is 0 Å². The van der Waals surface area contributed by atoms with Crippen molar-refractivity contribution in [1.29, 1.82) is 0 Å². The summed E-state index contributed by atoms with van der Waals surface area (Å²) in [5.74, 6) is 0.480. The van der Waals surface area contributed by atoms with E-state index in [0.29, 0.717) is 12.2 Å². The molecule has 0 aliphatic rings. The average molecular weight is 256 g/mol. The Balaban J connectivity index is 2.31. The molecule has 3 nitrogen and oxygen atoms in total. The van der Waals surface area contributed by atoms with E-state index in [-0.39, 0.29) is 0 Å². The quantitative estimate of drug-likeness (QED) is 0.887. The van der Waals surface area contributed by atoms with E-state index >= 15 is 0 Å². The Hall–Kier alpha value is -1.87. The van der Waals surface area contributed by atoms with Crippen molar-refractivity contribution < 1.29 is 5.11 Å². The molecule has 1 unspecified atom stereocenters. The number of rotatable bonds is 3. The van der Waals surface area contributed by atoms with Gasteiger partial charge < -0.3 is 10.8 Å². The highest BCUT2D eigenvalue weighted by Crippen LogP contribution is 2.27. The number of nitrogen functional groups attached to an aromatic ring is 1. The van der Waals surface area contributed by atoms with Crippen LogP contribution in [0.4, 0.5) is 5.82 Å². The van der Waals surface area contributed by atoms with E-state index in [0.717, 1.165) is 22.3 Å². The van der Waals surface area contributed by atoms with E-state index in [1.807, 2.05) is 39.0 Å². The number of pyridine rings is 1. The Morgan fingerprint density at radius 2 is 1.79 bits per heavy atom. The summed E-state index contributed by atoms with van der Waals surface area (Å²) in [5.41, 5.74) is 8.99. The molecule has 0 amide bonds. The first-order valence-electron chi connectivity index (χ1n) is 6.38. The standard InChI is InChI=1S/C16H20N2O/c1-11-6-12(2)8-14(7-11)16(3,19)10-13-4-5-18-15(17)9-13/h4-9,19H,10H2,1-3H3,(H2,17,18). The van der Waals surface area contributed by atoms with E-state index < -0.39 is 5.60 Å². The summed E-state index contributed by atoms with van der Waals surface area (Å²) in [6.07, 6.45) is 2.19. The van der Waals surface area contributed by atoms with Crippen LogP contribution < -0.4 is 5.73 Å². The number of hydrogen-bond donors (Lipinski definition) is 2. The molecule has 0 saturated carbocycles. The second-order valence-corrected chi connectivity index (χ2v) is 5.42. The molecule has 1 aromatic heterocycles. The van der Waals surface area contributed by atoms with Crippen LogP contribution in [0.25, 0.3) is 0 Å². The maximum atomic E-state index is 10.7. The first-order chi connectivity index (χ1) is 8.87. The maximum absolute atomic E-state index is 10.7. The van der Waals surface area contributed by atoms with Crippen LogP contribution in [0.1, 0.15) is 29.2 Å². The Bertz CT molecular complexity index is 571. The maximum Gasteiger partial charge on any atom is 0.123 e. The third-order valence-electron chi connectivity index (χ3n) is 3.24. The van der Waals surface area contributed by atoms with Crippen molar-refractivity contribution >= 4 is 5.82 Å².